The summed E-state index contributed by atoms with van der Waals surface area (Å²) in [6, 6.07) is 5.36. The van der Waals surface area contributed by atoms with Crippen molar-refractivity contribution in [2.45, 2.75) is 24.9 Å². The van der Waals surface area contributed by atoms with Crippen LogP contribution >= 0.6 is 11.6 Å². The van der Waals surface area contributed by atoms with E-state index in [2.05, 4.69) is 0 Å². The van der Waals surface area contributed by atoms with Crippen molar-refractivity contribution in [2.24, 2.45) is 5.73 Å². The highest BCUT2D eigenvalue weighted by molar-refractivity contribution is 6.32. The number of likely N-dealkylation sites (N-methyl/N-ethyl adjacent to an activating group) is 1. The van der Waals surface area contributed by atoms with Gasteiger partial charge in [-0.3, -0.25) is 4.79 Å². The first kappa shape index (κ1) is 13.2. The van der Waals surface area contributed by atoms with E-state index < -0.39 is 0 Å². The minimum absolute atomic E-state index is 0.0582. The largest absolute Gasteiger partial charge is 0.495 e. The predicted molar refractivity (Wildman–Crippen MR) is 70.7 cm³/mol. The molecular weight excluding hydrogens is 252 g/mol. The fourth-order valence-electron chi connectivity index (χ4n) is 2.40. The molecule has 2 rings (SSSR count). The molecule has 1 heterocycles. The summed E-state index contributed by atoms with van der Waals surface area (Å²) in [5.41, 5.74) is 7.06. The number of rotatable bonds is 2. The average Bonchev–Trinajstić information content (AvgIpc) is 2.35. The molecule has 98 valence electrons. The second kappa shape index (κ2) is 5.16. The molecule has 2 N–H and O–H groups in total. The van der Waals surface area contributed by atoms with Gasteiger partial charge in [0.1, 0.15) is 5.75 Å². The number of nitrogens with zero attached hydrogens (tertiary/aromatic N) is 1. The topological polar surface area (TPSA) is 55.6 Å². The standard InChI is InChI=1S/C13H17ClN2O2/c1-16-12(17)6-4-10(15)13(16)8-3-5-11(18-2)9(14)7-8/h3,5,7,10,13H,4,6,15H2,1-2H3. The molecule has 0 saturated carbocycles. The Hall–Kier alpha value is -1.26. The molecule has 2 atom stereocenters. The fourth-order valence-corrected chi connectivity index (χ4v) is 2.67. The van der Waals surface area contributed by atoms with Gasteiger partial charge in [-0.05, 0) is 24.1 Å². The van der Waals surface area contributed by atoms with Crippen LogP contribution in [0, 0.1) is 0 Å². The van der Waals surface area contributed by atoms with E-state index in [4.69, 9.17) is 22.1 Å². The minimum atomic E-state index is -0.116. The molecule has 1 aromatic carbocycles. The molecule has 1 saturated heterocycles. The van der Waals surface area contributed by atoms with Crippen molar-refractivity contribution in [3.8, 4) is 5.75 Å². The van der Waals surface area contributed by atoms with Crippen molar-refractivity contribution in [2.75, 3.05) is 14.2 Å². The van der Waals surface area contributed by atoms with Gasteiger partial charge in [-0.15, -0.1) is 0 Å². The van der Waals surface area contributed by atoms with Gasteiger partial charge in [-0.1, -0.05) is 17.7 Å². The molecule has 1 amide bonds. The Morgan fingerprint density at radius 2 is 2.22 bits per heavy atom. The quantitative estimate of drug-likeness (QED) is 0.892. The third-order valence-electron chi connectivity index (χ3n) is 3.43. The smallest absolute Gasteiger partial charge is 0.222 e. The number of amides is 1. The number of halogens is 1. The molecule has 5 heteroatoms. The van der Waals surface area contributed by atoms with Gasteiger partial charge in [-0.25, -0.2) is 0 Å². The van der Waals surface area contributed by atoms with Gasteiger partial charge in [0.25, 0.3) is 0 Å². The summed E-state index contributed by atoms with van der Waals surface area (Å²) < 4.78 is 5.12. The second-order valence-corrected chi connectivity index (χ2v) is 4.95. The van der Waals surface area contributed by atoms with Crippen LogP contribution in [0.15, 0.2) is 18.2 Å². The van der Waals surface area contributed by atoms with E-state index in [1.165, 1.54) is 0 Å². The molecule has 1 fully saturated rings. The Morgan fingerprint density at radius 1 is 1.50 bits per heavy atom. The van der Waals surface area contributed by atoms with Gasteiger partial charge in [-0.2, -0.15) is 0 Å². The van der Waals surface area contributed by atoms with E-state index >= 15 is 0 Å². The molecular formula is C13H17ClN2O2. The number of nitrogens with two attached hydrogens (primary N) is 1. The lowest BCUT2D eigenvalue weighted by Crippen LogP contribution is -2.46. The maximum absolute atomic E-state index is 11.7. The lowest BCUT2D eigenvalue weighted by atomic mass is 9.91. The highest BCUT2D eigenvalue weighted by Gasteiger charge is 2.32. The molecule has 4 nitrogen and oxygen atoms in total. The van der Waals surface area contributed by atoms with Gasteiger partial charge in [0, 0.05) is 19.5 Å². The maximum atomic E-state index is 11.7. The van der Waals surface area contributed by atoms with E-state index in [1.807, 2.05) is 12.1 Å². The SMILES string of the molecule is COc1ccc(C2C(N)CCC(=O)N2C)cc1Cl. The number of methoxy groups -OCH3 is 1. The van der Waals surface area contributed by atoms with Crippen LogP contribution < -0.4 is 10.5 Å². The number of carbonyl (C=O) groups is 1. The lowest BCUT2D eigenvalue weighted by Gasteiger charge is -2.37. The Kier molecular flexibility index (Phi) is 3.78. The van der Waals surface area contributed by atoms with Crippen LogP contribution in [0.3, 0.4) is 0 Å². The van der Waals surface area contributed by atoms with E-state index in [1.54, 1.807) is 25.1 Å². The summed E-state index contributed by atoms with van der Waals surface area (Å²) in [4.78, 5) is 13.4. The molecule has 1 aliphatic heterocycles. The maximum Gasteiger partial charge on any atom is 0.222 e. The van der Waals surface area contributed by atoms with E-state index in [-0.39, 0.29) is 18.0 Å². The summed E-state index contributed by atoms with van der Waals surface area (Å²) in [5.74, 6) is 0.743. The number of hydrogen-bond donors (Lipinski definition) is 1. The molecule has 18 heavy (non-hydrogen) atoms. The molecule has 0 bridgehead atoms. The summed E-state index contributed by atoms with van der Waals surface area (Å²) in [6.07, 6.45) is 1.22. The Morgan fingerprint density at radius 3 is 2.83 bits per heavy atom. The van der Waals surface area contributed by atoms with Gasteiger partial charge < -0.3 is 15.4 Å². The summed E-state index contributed by atoms with van der Waals surface area (Å²) >= 11 is 6.11. The molecule has 0 aromatic heterocycles. The summed E-state index contributed by atoms with van der Waals surface area (Å²) in [7, 11) is 3.35. The van der Waals surface area contributed by atoms with Crippen LogP contribution in [0.2, 0.25) is 5.02 Å². The number of piperidine rings is 1. The zero-order valence-corrected chi connectivity index (χ0v) is 11.3. The number of hydrogen-bond acceptors (Lipinski definition) is 3. The van der Waals surface area contributed by atoms with Crippen molar-refractivity contribution < 1.29 is 9.53 Å². The van der Waals surface area contributed by atoms with Gasteiger partial charge in [0.2, 0.25) is 5.91 Å². The molecule has 0 spiro atoms. The van der Waals surface area contributed by atoms with Crippen molar-refractivity contribution in [3.63, 3.8) is 0 Å². The zero-order chi connectivity index (χ0) is 13.3. The number of benzene rings is 1. The number of carbonyl (C=O) groups excluding carboxylic acids is 1. The highest BCUT2D eigenvalue weighted by Crippen LogP contribution is 2.33. The molecule has 1 aliphatic rings. The first-order valence-electron chi connectivity index (χ1n) is 5.89. The van der Waals surface area contributed by atoms with Gasteiger partial charge >= 0.3 is 0 Å². The normalized spacial score (nSPS) is 24.2. The fraction of sp³-hybridized carbons (Fsp3) is 0.462. The average molecular weight is 269 g/mol. The molecule has 1 aromatic rings. The van der Waals surface area contributed by atoms with Crippen LogP contribution in [-0.4, -0.2) is 31.0 Å². The summed E-state index contributed by atoms with van der Waals surface area (Å²) in [6.45, 7) is 0. The monoisotopic (exact) mass is 268 g/mol. The first-order valence-corrected chi connectivity index (χ1v) is 6.27. The minimum Gasteiger partial charge on any atom is -0.495 e. The van der Waals surface area contributed by atoms with E-state index in [9.17, 15) is 4.79 Å². The van der Waals surface area contributed by atoms with Gasteiger partial charge in [0.15, 0.2) is 0 Å². The zero-order valence-electron chi connectivity index (χ0n) is 10.5. The van der Waals surface area contributed by atoms with Crippen molar-refractivity contribution in [1.82, 2.24) is 4.90 Å². The molecule has 0 radical (unpaired) electrons. The summed E-state index contributed by atoms with van der Waals surface area (Å²) in [5, 5.41) is 0.536. The van der Waals surface area contributed by atoms with Crippen LogP contribution in [0.25, 0.3) is 0 Å². The molecule has 2 unspecified atom stereocenters. The predicted octanol–water partition coefficient (Wildman–Crippen LogP) is 1.97. The second-order valence-electron chi connectivity index (χ2n) is 4.55. The Labute approximate surface area is 112 Å². The van der Waals surface area contributed by atoms with E-state index in [0.717, 1.165) is 5.56 Å². The van der Waals surface area contributed by atoms with Crippen LogP contribution in [0.4, 0.5) is 0 Å². The molecule has 0 aliphatic carbocycles. The van der Waals surface area contributed by atoms with Crippen molar-refractivity contribution >= 4 is 17.5 Å². The number of likely N-dealkylation sites (tertiary alicyclic amines) is 1. The lowest BCUT2D eigenvalue weighted by molar-refractivity contribution is -0.135. The number of ether oxygens (including phenoxy) is 1. The van der Waals surface area contributed by atoms with Crippen LogP contribution in [0.1, 0.15) is 24.4 Å². The van der Waals surface area contributed by atoms with Crippen molar-refractivity contribution in [3.05, 3.63) is 28.8 Å². The van der Waals surface area contributed by atoms with Crippen LogP contribution in [-0.2, 0) is 4.79 Å². The Balaban J connectivity index is 2.34. The highest BCUT2D eigenvalue weighted by atomic mass is 35.5. The third-order valence-corrected chi connectivity index (χ3v) is 3.72. The van der Waals surface area contributed by atoms with Gasteiger partial charge in [0.05, 0.1) is 18.2 Å². The first-order chi connectivity index (χ1) is 8.54. The Bertz CT molecular complexity index is 464. The third kappa shape index (κ3) is 2.31. The van der Waals surface area contributed by atoms with Crippen molar-refractivity contribution in [1.29, 1.82) is 0 Å². The van der Waals surface area contributed by atoms with Crippen LogP contribution in [0.5, 0.6) is 5.75 Å². The van der Waals surface area contributed by atoms with E-state index in [0.29, 0.717) is 23.6 Å².